The van der Waals surface area contributed by atoms with Gasteiger partial charge in [-0.2, -0.15) is 0 Å². The first-order valence-electron chi connectivity index (χ1n) is 11.0. The van der Waals surface area contributed by atoms with Crippen molar-refractivity contribution in [2.24, 2.45) is 0 Å². The second kappa shape index (κ2) is 8.70. The first-order valence-corrected chi connectivity index (χ1v) is 11.8. The number of benzene rings is 2. The summed E-state index contributed by atoms with van der Waals surface area (Å²) in [4.78, 5) is 13.6. The molecule has 1 N–H and O–H groups in total. The van der Waals surface area contributed by atoms with Crippen molar-refractivity contribution in [3.8, 4) is 10.7 Å². The molecule has 0 spiro atoms. The molecule has 5 heteroatoms. The normalized spacial score (nSPS) is 14.7. The number of thiophene rings is 1. The Hall–Kier alpha value is -2.50. The number of hydrogen-bond acceptors (Lipinski definition) is 5. The minimum atomic E-state index is 0.826. The van der Waals surface area contributed by atoms with Crippen molar-refractivity contribution in [2.75, 3.05) is 31.5 Å². The standard InChI is InChI=1S/C25H28N4S/c1-18-19-10-3-5-13-22(19)30-23(18)25-27-21-12-4-2-11-20(21)24(28-25)26-14-6-7-15-29-16-8-9-17-29/h2-5,10-13H,6-9,14-17H2,1H3,(H,26,27,28). The minimum absolute atomic E-state index is 0.826. The van der Waals surface area contributed by atoms with Gasteiger partial charge in [-0.05, 0) is 81.4 Å². The summed E-state index contributed by atoms with van der Waals surface area (Å²) in [6.07, 6.45) is 5.13. The Morgan fingerprint density at radius 2 is 1.70 bits per heavy atom. The second-order valence-corrected chi connectivity index (χ2v) is 9.20. The zero-order valence-electron chi connectivity index (χ0n) is 17.5. The zero-order valence-corrected chi connectivity index (χ0v) is 18.3. The van der Waals surface area contributed by atoms with Crippen LogP contribution in [0.25, 0.3) is 31.7 Å². The van der Waals surface area contributed by atoms with Crippen molar-refractivity contribution in [1.82, 2.24) is 14.9 Å². The van der Waals surface area contributed by atoms with Crippen molar-refractivity contribution < 1.29 is 0 Å². The number of fused-ring (bicyclic) bond motifs is 2. The van der Waals surface area contributed by atoms with Crippen LogP contribution in [-0.4, -0.2) is 41.0 Å². The van der Waals surface area contributed by atoms with Crippen molar-refractivity contribution >= 4 is 38.1 Å². The van der Waals surface area contributed by atoms with E-state index in [9.17, 15) is 0 Å². The largest absolute Gasteiger partial charge is 0.369 e. The number of likely N-dealkylation sites (tertiary alicyclic amines) is 1. The third-order valence-electron chi connectivity index (χ3n) is 6.04. The van der Waals surface area contributed by atoms with Crippen LogP contribution in [0.5, 0.6) is 0 Å². The fourth-order valence-electron chi connectivity index (χ4n) is 4.37. The van der Waals surface area contributed by atoms with E-state index in [2.05, 4.69) is 65.7 Å². The van der Waals surface area contributed by atoms with E-state index in [0.717, 1.165) is 35.5 Å². The summed E-state index contributed by atoms with van der Waals surface area (Å²) in [7, 11) is 0. The molecule has 0 saturated carbocycles. The smallest absolute Gasteiger partial charge is 0.172 e. The van der Waals surface area contributed by atoms with Gasteiger partial charge in [-0.15, -0.1) is 11.3 Å². The molecule has 1 saturated heterocycles. The average molecular weight is 417 g/mol. The van der Waals surface area contributed by atoms with Crippen LogP contribution < -0.4 is 5.32 Å². The molecule has 1 aliphatic rings. The minimum Gasteiger partial charge on any atom is -0.369 e. The lowest BCUT2D eigenvalue weighted by Gasteiger charge is -2.14. The van der Waals surface area contributed by atoms with Gasteiger partial charge in [-0.3, -0.25) is 0 Å². The Labute approximate surface area is 182 Å². The highest BCUT2D eigenvalue weighted by molar-refractivity contribution is 7.22. The molecular weight excluding hydrogens is 388 g/mol. The molecule has 0 radical (unpaired) electrons. The van der Waals surface area contributed by atoms with E-state index in [1.807, 2.05) is 0 Å². The third kappa shape index (κ3) is 3.92. The molecule has 154 valence electrons. The molecule has 4 aromatic rings. The molecule has 2 aromatic carbocycles. The van der Waals surface area contributed by atoms with Gasteiger partial charge in [0.05, 0.1) is 10.4 Å². The highest BCUT2D eigenvalue weighted by atomic mass is 32.1. The summed E-state index contributed by atoms with van der Waals surface area (Å²) >= 11 is 1.78. The Morgan fingerprint density at radius 3 is 2.53 bits per heavy atom. The topological polar surface area (TPSA) is 41.1 Å². The molecule has 1 fully saturated rings. The van der Waals surface area contributed by atoms with Crippen LogP contribution in [0.3, 0.4) is 0 Å². The number of nitrogens with one attached hydrogen (secondary N) is 1. The molecule has 0 aliphatic carbocycles. The summed E-state index contributed by atoms with van der Waals surface area (Å²) < 4.78 is 1.29. The van der Waals surface area contributed by atoms with Crippen LogP contribution >= 0.6 is 11.3 Å². The second-order valence-electron chi connectivity index (χ2n) is 8.15. The number of anilines is 1. The van der Waals surface area contributed by atoms with Gasteiger partial charge in [0.15, 0.2) is 5.82 Å². The molecule has 0 unspecified atom stereocenters. The van der Waals surface area contributed by atoms with E-state index in [4.69, 9.17) is 9.97 Å². The van der Waals surface area contributed by atoms with Crippen LogP contribution in [0.2, 0.25) is 0 Å². The molecule has 0 atom stereocenters. The van der Waals surface area contributed by atoms with E-state index in [0.29, 0.717) is 0 Å². The van der Waals surface area contributed by atoms with Crippen molar-refractivity contribution in [2.45, 2.75) is 32.6 Å². The Morgan fingerprint density at radius 1 is 0.933 bits per heavy atom. The Kier molecular flexibility index (Phi) is 5.65. The van der Waals surface area contributed by atoms with Gasteiger partial charge in [-0.25, -0.2) is 9.97 Å². The van der Waals surface area contributed by atoms with Gasteiger partial charge in [0.1, 0.15) is 5.82 Å². The predicted molar refractivity (Wildman–Crippen MR) is 128 cm³/mol. The number of rotatable bonds is 7. The van der Waals surface area contributed by atoms with Crippen LogP contribution in [0.4, 0.5) is 5.82 Å². The van der Waals surface area contributed by atoms with Crippen molar-refractivity contribution in [3.63, 3.8) is 0 Å². The van der Waals surface area contributed by atoms with Gasteiger partial charge in [-0.1, -0.05) is 30.3 Å². The summed E-state index contributed by atoms with van der Waals surface area (Å²) in [5.74, 6) is 1.78. The number of unbranched alkanes of at least 4 members (excludes halogenated alkanes) is 1. The van der Waals surface area contributed by atoms with E-state index in [-0.39, 0.29) is 0 Å². The molecule has 5 rings (SSSR count). The van der Waals surface area contributed by atoms with E-state index < -0.39 is 0 Å². The molecule has 30 heavy (non-hydrogen) atoms. The lowest BCUT2D eigenvalue weighted by atomic mass is 10.1. The zero-order chi connectivity index (χ0) is 20.3. The number of para-hydroxylation sites is 1. The fourth-order valence-corrected chi connectivity index (χ4v) is 5.52. The first kappa shape index (κ1) is 19.5. The number of aryl methyl sites for hydroxylation is 1. The molecule has 3 heterocycles. The summed E-state index contributed by atoms with van der Waals surface area (Å²) in [6, 6.07) is 16.9. The van der Waals surface area contributed by atoms with Gasteiger partial charge in [0.25, 0.3) is 0 Å². The Bertz CT molecular complexity index is 1160. The van der Waals surface area contributed by atoms with Gasteiger partial charge in [0.2, 0.25) is 0 Å². The van der Waals surface area contributed by atoms with Gasteiger partial charge >= 0.3 is 0 Å². The highest BCUT2D eigenvalue weighted by Crippen LogP contribution is 2.37. The Balaban J connectivity index is 1.39. The highest BCUT2D eigenvalue weighted by Gasteiger charge is 2.15. The molecule has 2 aromatic heterocycles. The lowest BCUT2D eigenvalue weighted by Crippen LogP contribution is -2.21. The summed E-state index contributed by atoms with van der Waals surface area (Å²) in [6.45, 7) is 6.90. The van der Waals surface area contributed by atoms with Crippen LogP contribution in [0, 0.1) is 6.92 Å². The van der Waals surface area contributed by atoms with E-state index in [1.165, 1.54) is 59.4 Å². The SMILES string of the molecule is Cc1c(-c2nc(NCCCCN3CCCC3)c3ccccc3n2)sc2ccccc12. The van der Waals surface area contributed by atoms with Gasteiger partial charge in [0, 0.05) is 16.6 Å². The molecular formula is C25H28N4S. The monoisotopic (exact) mass is 416 g/mol. The summed E-state index contributed by atoms with van der Waals surface area (Å²) in [5, 5.41) is 6.01. The van der Waals surface area contributed by atoms with Crippen LogP contribution in [-0.2, 0) is 0 Å². The molecule has 0 bridgehead atoms. The van der Waals surface area contributed by atoms with E-state index in [1.54, 1.807) is 11.3 Å². The van der Waals surface area contributed by atoms with E-state index >= 15 is 0 Å². The van der Waals surface area contributed by atoms with Gasteiger partial charge < -0.3 is 10.2 Å². The number of hydrogen-bond donors (Lipinski definition) is 1. The van der Waals surface area contributed by atoms with Crippen LogP contribution in [0.1, 0.15) is 31.2 Å². The quantitative estimate of drug-likeness (QED) is 0.369. The molecule has 4 nitrogen and oxygen atoms in total. The third-order valence-corrected chi connectivity index (χ3v) is 7.31. The maximum absolute atomic E-state index is 4.98. The fraction of sp³-hybridized carbons (Fsp3) is 0.360. The first-order chi connectivity index (χ1) is 14.8. The summed E-state index contributed by atoms with van der Waals surface area (Å²) in [5.41, 5.74) is 2.27. The number of aromatic nitrogens is 2. The average Bonchev–Trinajstić information content (AvgIpc) is 3.41. The number of nitrogens with zero attached hydrogens (tertiary/aromatic N) is 3. The van der Waals surface area contributed by atoms with Crippen molar-refractivity contribution in [3.05, 3.63) is 54.1 Å². The molecule has 1 aliphatic heterocycles. The predicted octanol–water partition coefficient (Wildman–Crippen LogP) is 6.11. The molecule has 0 amide bonds. The van der Waals surface area contributed by atoms with Crippen LogP contribution in [0.15, 0.2) is 48.5 Å². The maximum atomic E-state index is 4.98. The van der Waals surface area contributed by atoms with Crippen molar-refractivity contribution in [1.29, 1.82) is 0 Å². The lowest BCUT2D eigenvalue weighted by molar-refractivity contribution is 0.331. The maximum Gasteiger partial charge on any atom is 0.172 e.